The van der Waals surface area contributed by atoms with Gasteiger partial charge in [-0.05, 0) is 26.8 Å². The minimum atomic E-state index is -0.556. The predicted molar refractivity (Wildman–Crippen MR) is 100 cm³/mol. The number of benzene rings is 2. The number of fused-ring (bicyclic) bond motifs is 1. The molecule has 0 spiro atoms. The molecule has 0 fully saturated rings. The monoisotopic (exact) mass is 369 g/mol. The maximum atomic E-state index is 12.6. The van der Waals surface area contributed by atoms with Crippen molar-refractivity contribution in [2.75, 3.05) is 6.61 Å². The molecule has 1 aromatic heterocycles. The lowest BCUT2D eigenvalue weighted by molar-refractivity contribution is -0.385. The average molecular weight is 369 g/mol. The number of rotatable bonds is 6. The Bertz CT molecular complexity index is 991. The van der Waals surface area contributed by atoms with Crippen molar-refractivity contribution in [3.63, 3.8) is 0 Å². The number of nitrogens with zero attached hydrogens (tertiary/aromatic N) is 1. The van der Waals surface area contributed by atoms with Crippen LogP contribution in [0.25, 0.3) is 22.3 Å². The highest BCUT2D eigenvalue weighted by Crippen LogP contribution is 2.40. The lowest BCUT2D eigenvalue weighted by Crippen LogP contribution is -2.08. The molecule has 140 valence electrons. The Morgan fingerprint density at radius 3 is 2.52 bits per heavy atom. The third-order valence-corrected chi connectivity index (χ3v) is 3.84. The fourth-order valence-electron chi connectivity index (χ4n) is 2.80. The number of nitro groups is 1. The van der Waals surface area contributed by atoms with E-state index in [0.29, 0.717) is 16.7 Å². The number of esters is 1. The Morgan fingerprint density at radius 1 is 1.22 bits per heavy atom. The van der Waals surface area contributed by atoms with Gasteiger partial charge in [-0.2, -0.15) is 0 Å². The van der Waals surface area contributed by atoms with E-state index in [9.17, 15) is 14.9 Å². The number of ether oxygens (including phenoxy) is 2. The highest BCUT2D eigenvalue weighted by atomic mass is 16.6. The van der Waals surface area contributed by atoms with Gasteiger partial charge in [-0.25, -0.2) is 4.79 Å². The molecule has 0 bridgehead atoms. The molecule has 7 heteroatoms. The van der Waals surface area contributed by atoms with E-state index in [1.165, 1.54) is 12.1 Å². The van der Waals surface area contributed by atoms with E-state index in [1.54, 1.807) is 32.9 Å². The van der Waals surface area contributed by atoms with Gasteiger partial charge in [-0.1, -0.05) is 30.3 Å². The molecule has 7 nitrogen and oxygen atoms in total. The Labute approximate surface area is 155 Å². The van der Waals surface area contributed by atoms with Crippen molar-refractivity contribution in [2.24, 2.45) is 0 Å². The first-order chi connectivity index (χ1) is 12.9. The van der Waals surface area contributed by atoms with E-state index in [4.69, 9.17) is 13.9 Å². The molecule has 1 heterocycles. The van der Waals surface area contributed by atoms with Crippen LogP contribution in [0.5, 0.6) is 5.75 Å². The van der Waals surface area contributed by atoms with Crippen LogP contribution in [0.1, 0.15) is 31.1 Å². The van der Waals surface area contributed by atoms with Crippen molar-refractivity contribution >= 4 is 22.6 Å². The molecular weight excluding hydrogens is 350 g/mol. The van der Waals surface area contributed by atoms with Crippen molar-refractivity contribution in [3.05, 3.63) is 58.1 Å². The van der Waals surface area contributed by atoms with E-state index in [0.717, 1.165) is 0 Å². The van der Waals surface area contributed by atoms with Gasteiger partial charge in [0.2, 0.25) is 0 Å². The van der Waals surface area contributed by atoms with Gasteiger partial charge in [-0.3, -0.25) is 10.1 Å². The van der Waals surface area contributed by atoms with E-state index < -0.39 is 10.9 Å². The molecule has 0 aliphatic heterocycles. The van der Waals surface area contributed by atoms with E-state index in [2.05, 4.69) is 0 Å². The third-order valence-electron chi connectivity index (χ3n) is 3.84. The lowest BCUT2D eigenvalue weighted by Gasteiger charge is -2.10. The molecule has 0 amide bonds. The molecule has 3 rings (SSSR count). The summed E-state index contributed by atoms with van der Waals surface area (Å²) in [6.45, 7) is 5.44. The SMILES string of the molecule is CCOC(=O)c1c(-c2ccccc2)oc2cc([N+](=O)[O-])c(OC(C)C)cc12. The van der Waals surface area contributed by atoms with Crippen LogP contribution < -0.4 is 4.74 Å². The molecule has 2 aromatic carbocycles. The van der Waals surface area contributed by atoms with E-state index in [1.807, 2.05) is 18.2 Å². The van der Waals surface area contributed by atoms with Crippen molar-refractivity contribution in [3.8, 4) is 17.1 Å². The second kappa shape index (κ2) is 7.49. The number of hydrogen-bond acceptors (Lipinski definition) is 6. The maximum absolute atomic E-state index is 12.6. The Balaban J connectivity index is 2.31. The number of carbonyl (C=O) groups excluding carboxylic acids is 1. The van der Waals surface area contributed by atoms with Gasteiger partial charge in [-0.15, -0.1) is 0 Å². The normalized spacial score (nSPS) is 11.0. The first kappa shape index (κ1) is 18.4. The summed E-state index contributed by atoms with van der Waals surface area (Å²) in [5.41, 5.74) is 0.895. The van der Waals surface area contributed by atoms with Crippen molar-refractivity contribution in [2.45, 2.75) is 26.9 Å². The summed E-state index contributed by atoms with van der Waals surface area (Å²) in [7, 11) is 0. The molecule has 0 saturated heterocycles. The van der Waals surface area contributed by atoms with Gasteiger partial charge < -0.3 is 13.9 Å². The second-order valence-electron chi connectivity index (χ2n) is 6.13. The van der Waals surface area contributed by atoms with Crippen molar-refractivity contribution < 1.29 is 23.6 Å². The first-order valence-corrected chi connectivity index (χ1v) is 8.56. The quantitative estimate of drug-likeness (QED) is 0.346. The molecule has 0 aliphatic rings. The molecule has 0 radical (unpaired) electrons. The van der Waals surface area contributed by atoms with Gasteiger partial charge in [0.05, 0.1) is 23.7 Å². The molecule has 3 aromatic rings. The highest BCUT2D eigenvalue weighted by molar-refractivity contribution is 6.09. The van der Waals surface area contributed by atoms with Gasteiger partial charge >= 0.3 is 11.7 Å². The molecule has 0 unspecified atom stereocenters. The largest absolute Gasteiger partial charge is 0.484 e. The van der Waals surface area contributed by atoms with Crippen LogP contribution in [0.15, 0.2) is 46.9 Å². The van der Waals surface area contributed by atoms with Crippen LogP contribution in [-0.4, -0.2) is 23.6 Å². The summed E-state index contributed by atoms with van der Waals surface area (Å²) in [5, 5.41) is 11.8. The standard InChI is InChI=1S/C20H19NO6/c1-4-25-20(22)18-14-10-17(26-12(2)3)15(21(23)24)11-16(14)27-19(18)13-8-6-5-7-9-13/h5-12H,4H2,1-3H3. The second-order valence-corrected chi connectivity index (χ2v) is 6.13. The highest BCUT2D eigenvalue weighted by Gasteiger charge is 2.27. The third kappa shape index (κ3) is 3.62. The molecule has 0 aliphatic carbocycles. The Hall–Kier alpha value is -3.35. The summed E-state index contributed by atoms with van der Waals surface area (Å²) < 4.78 is 16.6. The molecule has 0 atom stereocenters. The maximum Gasteiger partial charge on any atom is 0.342 e. The summed E-state index contributed by atoms with van der Waals surface area (Å²) in [6, 6.07) is 11.8. The zero-order valence-corrected chi connectivity index (χ0v) is 15.2. The number of nitro benzene ring substituents is 1. The van der Waals surface area contributed by atoms with Crippen LogP contribution in [0, 0.1) is 10.1 Å². The van der Waals surface area contributed by atoms with Crippen LogP contribution in [0.2, 0.25) is 0 Å². The van der Waals surface area contributed by atoms with Gasteiger partial charge in [0.1, 0.15) is 16.9 Å². The van der Waals surface area contributed by atoms with E-state index >= 15 is 0 Å². The minimum Gasteiger partial charge on any atom is -0.484 e. The lowest BCUT2D eigenvalue weighted by atomic mass is 10.0. The smallest absolute Gasteiger partial charge is 0.342 e. The van der Waals surface area contributed by atoms with E-state index in [-0.39, 0.29) is 35.3 Å². The number of carbonyl (C=O) groups is 1. The Morgan fingerprint density at radius 2 is 1.93 bits per heavy atom. The zero-order chi connectivity index (χ0) is 19.6. The van der Waals surface area contributed by atoms with Crippen molar-refractivity contribution in [1.29, 1.82) is 0 Å². The zero-order valence-electron chi connectivity index (χ0n) is 15.2. The fourth-order valence-corrected chi connectivity index (χ4v) is 2.80. The predicted octanol–water partition coefficient (Wildman–Crippen LogP) is 4.97. The van der Waals surface area contributed by atoms with Gasteiger partial charge in [0, 0.05) is 10.9 Å². The summed E-state index contributed by atoms with van der Waals surface area (Å²) >= 11 is 0. The van der Waals surface area contributed by atoms with Gasteiger partial charge in [0.15, 0.2) is 5.75 Å². The molecule has 0 saturated carbocycles. The van der Waals surface area contributed by atoms with Crippen LogP contribution >= 0.6 is 0 Å². The van der Waals surface area contributed by atoms with Crippen molar-refractivity contribution in [1.82, 2.24) is 0 Å². The Kier molecular flexibility index (Phi) is 5.12. The van der Waals surface area contributed by atoms with Crippen LogP contribution in [0.3, 0.4) is 0 Å². The summed E-state index contributed by atoms with van der Waals surface area (Å²) in [4.78, 5) is 23.5. The summed E-state index contributed by atoms with van der Waals surface area (Å²) in [6.07, 6.45) is -0.271. The van der Waals surface area contributed by atoms with Crippen LogP contribution in [-0.2, 0) is 4.74 Å². The topological polar surface area (TPSA) is 91.8 Å². The average Bonchev–Trinajstić information content (AvgIpc) is 3.00. The molecule has 0 N–H and O–H groups in total. The number of hydrogen-bond donors (Lipinski definition) is 0. The van der Waals surface area contributed by atoms with Gasteiger partial charge in [0.25, 0.3) is 0 Å². The fraction of sp³-hybridized carbons (Fsp3) is 0.250. The first-order valence-electron chi connectivity index (χ1n) is 8.56. The minimum absolute atomic E-state index is 0.0773. The summed E-state index contributed by atoms with van der Waals surface area (Å²) in [5.74, 6) is -0.173. The molecule has 27 heavy (non-hydrogen) atoms. The molecular formula is C20H19NO6. The van der Waals surface area contributed by atoms with Crippen LogP contribution in [0.4, 0.5) is 5.69 Å². The number of furan rings is 1.